The highest BCUT2D eigenvalue weighted by atomic mass is 19.4. The minimum absolute atomic E-state index is 0.0658. The van der Waals surface area contributed by atoms with Crippen LogP contribution in [0, 0.1) is 58.2 Å². The maximum absolute atomic E-state index is 11.8. The summed E-state index contributed by atoms with van der Waals surface area (Å²) >= 11 is 0. The van der Waals surface area contributed by atoms with Crippen molar-refractivity contribution in [1.82, 2.24) is 0 Å². The normalized spacial score (nSPS) is 13.2. The van der Waals surface area contributed by atoms with E-state index in [4.69, 9.17) is 0 Å². The summed E-state index contributed by atoms with van der Waals surface area (Å²) in [5, 5.41) is 0. The van der Waals surface area contributed by atoms with Crippen LogP contribution in [0.3, 0.4) is 0 Å². The van der Waals surface area contributed by atoms with Gasteiger partial charge in [0.25, 0.3) is 0 Å². The van der Waals surface area contributed by atoms with E-state index in [1.807, 2.05) is 13.8 Å². The summed E-state index contributed by atoms with van der Waals surface area (Å²) in [4.78, 5) is 0. The van der Waals surface area contributed by atoms with E-state index < -0.39 is 106 Å². The number of rotatable bonds is 20. The van der Waals surface area contributed by atoms with E-state index in [9.17, 15) is 105 Å². The first-order valence-electron chi connectivity index (χ1n) is 31.4. The first-order chi connectivity index (χ1) is 38.9. The van der Waals surface area contributed by atoms with Gasteiger partial charge >= 0.3 is 49.4 Å². The molecule has 0 spiro atoms. The molecule has 24 heteroatoms. The Morgan fingerprint density at radius 2 is 0.568 bits per heavy atom. The van der Waals surface area contributed by atoms with E-state index in [0.29, 0.717) is 30.1 Å². The highest BCUT2D eigenvalue weighted by Crippen LogP contribution is 2.43. The molecule has 0 amide bonds. The molecule has 0 aliphatic carbocycles. The molecule has 548 valence electrons. The third-order valence-corrected chi connectivity index (χ3v) is 13.1. The van der Waals surface area contributed by atoms with Crippen LogP contribution < -0.4 is 0 Å². The van der Waals surface area contributed by atoms with E-state index in [2.05, 4.69) is 125 Å². The first-order valence-corrected chi connectivity index (χ1v) is 31.4. The van der Waals surface area contributed by atoms with Crippen molar-refractivity contribution in [2.45, 2.75) is 357 Å². The predicted molar refractivity (Wildman–Crippen MR) is 319 cm³/mol. The third kappa shape index (κ3) is 106. The molecule has 0 unspecified atom stereocenters. The third-order valence-electron chi connectivity index (χ3n) is 13.1. The molecule has 0 rings (SSSR count). The van der Waals surface area contributed by atoms with Gasteiger partial charge in [-0.1, -0.05) is 262 Å². The average Bonchev–Trinajstić information content (AvgIpc) is 3.31. The maximum atomic E-state index is 11.8. The molecular formula is C64H124F24. The molecule has 0 aliphatic rings. The first kappa shape index (κ1) is 108. The summed E-state index contributed by atoms with van der Waals surface area (Å²) in [6.07, 6.45) is -29.1. The van der Waals surface area contributed by atoms with Crippen LogP contribution in [-0.4, -0.2) is 49.4 Å². The Kier molecular flexibility index (Phi) is 68.3. The fourth-order valence-corrected chi connectivity index (χ4v) is 4.91. The van der Waals surface area contributed by atoms with Crippen LogP contribution in [-0.2, 0) is 0 Å². The van der Waals surface area contributed by atoms with E-state index in [1.54, 1.807) is 13.8 Å². The highest BCUT2D eigenvalue weighted by molar-refractivity contribution is 4.76. The lowest BCUT2D eigenvalue weighted by molar-refractivity contribution is -0.287. The van der Waals surface area contributed by atoms with Crippen molar-refractivity contribution in [2.24, 2.45) is 58.2 Å². The van der Waals surface area contributed by atoms with Gasteiger partial charge in [0, 0.05) is 19.3 Å². The van der Waals surface area contributed by atoms with Crippen LogP contribution in [0.1, 0.15) is 307 Å². The van der Waals surface area contributed by atoms with E-state index in [1.165, 1.54) is 51.9 Å². The topological polar surface area (TPSA) is 0 Å². The van der Waals surface area contributed by atoms with Crippen LogP contribution >= 0.6 is 0 Å². The molecule has 2 atom stereocenters. The second kappa shape index (κ2) is 55.7. The van der Waals surface area contributed by atoms with Gasteiger partial charge in [-0.2, -0.15) is 105 Å². The zero-order valence-electron chi connectivity index (χ0n) is 58.2. The van der Waals surface area contributed by atoms with Gasteiger partial charge in [-0.3, -0.25) is 0 Å². The second-order valence-corrected chi connectivity index (χ2v) is 25.7. The Balaban J connectivity index is -0.0000000973. The molecule has 0 aromatic carbocycles. The van der Waals surface area contributed by atoms with E-state index >= 15 is 0 Å². The largest absolute Gasteiger partial charge is 0.400 e. The fraction of sp³-hybridized carbons (Fsp3) is 1.00. The molecule has 0 nitrogen and oxygen atoms in total. The van der Waals surface area contributed by atoms with Crippen molar-refractivity contribution >= 4 is 0 Å². The standard InChI is InChI=1S/C7H10F6.2C7H13F3.C7H16.2C6H8F6.4C6H14/c1-2-3-4-5(6(8,9)10)7(11,12)13;1-3-4-6(2)5-7(8,9)10;1-2-3-4-5-6-7(8,9)10;1-4-5-6-7(2)3;1-4(6(10,11)12)2-3-5(7,8)9;1-2-3-4(5(7,8)9)6(10,11)12;2*1-5-6(2,3)4;1-5(2)6(3)4;1-4-6(3)5-2/h5H,2-4H2,1H3;6H,3-5H2,1-2H3;2-6H2,1H3;7H,4-6H2,1-3H3;2*4H,2-3H2,1H3;2*5H2,1-4H3;5-6H,1-4H3;6H,4-5H2,1-3H3/t;6-;;;4-;;;;;/m.0..0...../s1. The van der Waals surface area contributed by atoms with Crippen molar-refractivity contribution in [3.8, 4) is 0 Å². The zero-order chi connectivity index (χ0) is 73.2. The molecule has 0 N–H and O–H groups in total. The van der Waals surface area contributed by atoms with Crippen molar-refractivity contribution < 1.29 is 105 Å². The molecule has 88 heavy (non-hydrogen) atoms. The Morgan fingerprint density at radius 1 is 0.273 bits per heavy atom. The number of hydrogen-bond acceptors (Lipinski definition) is 0. The number of unbranched alkanes of at least 4 members (excludes halogenated alkanes) is 5. The van der Waals surface area contributed by atoms with Crippen molar-refractivity contribution in [2.75, 3.05) is 0 Å². The lowest BCUT2D eigenvalue weighted by Gasteiger charge is -2.22. The number of halogens is 24. The lowest BCUT2D eigenvalue weighted by Crippen LogP contribution is -2.36. The summed E-state index contributed by atoms with van der Waals surface area (Å²) in [5.74, 6) is -4.90. The summed E-state index contributed by atoms with van der Waals surface area (Å²) in [5.41, 5.74) is 1.08. The van der Waals surface area contributed by atoms with Crippen LogP contribution in [0.4, 0.5) is 105 Å². The molecule has 0 bridgehead atoms. The van der Waals surface area contributed by atoms with E-state index in [-0.39, 0.29) is 25.2 Å². The molecule has 0 heterocycles. The molecule has 0 radical (unpaired) electrons. The summed E-state index contributed by atoms with van der Waals surface area (Å²) in [7, 11) is 0. The van der Waals surface area contributed by atoms with Gasteiger partial charge in [-0.05, 0) is 66.1 Å². The van der Waals surface area contributed by atoms with Crippen molar-refractivity contribution in [1.29, 1.82) is 0 Å². The predicted octanol–water partition coefficient (Wildman–Crippen LogP) is 30.3. The quantitative estimate of drug-likeness (QED) is 0.0842. The zero-order valence-corrected chi connectivity index (χ0v) is 58.2. The van der Waals surface area contributed by atoms with Crippen LogP contribution in [0.15, 0.2) is 0 Å². The summed E-state index contributed by atoms with van der Waals surface area (Å²) in [6, 6.07) is 0. The molecule has 0 saturated carbocycles. The molecule has 0 aromatic heterocycles. The van der Waals surface area contributed by atoms with Gasteiger partial charge in [0.05, 0.1) is 5.92 Å². The Hall–Kier alpha value is -1.68. The van der Waals surface area contributed by atoms with Crippen LogP contribution in [0.5, 0.6) is 0 Å². The Bertz CT molecular complexity index is 1350. The van der Waals surface area contributed by atoms with Crippen molar-refractivity contribution in [3.63, 3.8) is 0 Å². The number of hydrogen-bond donors (Lipinski definition) is 0. The molecule has 0 aromatic rings. The van der Waals surface area contributed by atoms with Crippen LogP contribution in [0.2, 0.25) is 0 Å². The Morgan fingerprint density at radius 3 is 0.739 bits per heavy atom. The van der Waals surface area contributed by atoms with Gasteiger partial charge in [-0.25, -0.2) is 0 Å². The average molecular weight is 1350 g/mol. The number of alkyl halides is 24. The summed E-state index contributed by atoms with van der Waals surface area (Å²) < 4.78 is 280. The molecule has 0 fully saturated rings. The van der Waals surface area contributed by atoms with Crippen molar-refractivity contribution in [3.05, 3.63) is 0 Å². The minimum Gasteiger partial charge on any atom is -0.171 e. The van der Waals surface area contributed by atoms with Gasteiger partial charge in [0.15, 0.2) is 11.8 Å². The van der Waals surface area contributed by atoms with Gasteiger partial charge in [0.1, 0.15) is 0 Å². The molecular weight excluding hydrogens is 1220 g/mol. The Labute approximate surface area is 519 Å². The smallest absolute Gasteiger partial charge is 0.171 e. The fourth-order valence-electron chi connectivity index (χ4n) is 4.91. The minimum atomic E-state index is -5.17. The van der Waals surface area contributed by atoms with Gasteiger partial charge in [0.2, 0.25) is 0 Å². The van der Waals surface area contributed by atoms with Crippen LogP contribution in [0.25, 0.3) is 0 Å². The maximum Gasteiger partial charge on any atom is 0.400 e. The summed E-state index contributed by atoms with van der Waals surface area (Å²) in [6.45, 7) is 49.4. The lowest BCUT2D eigenvalue weighted by atomic mass is 9.94. The SMILES string of the molecule is CC(C)C(C)C.CCC(C)(C)C.CCC(C)(C)C.CCC(C)CC.CCCC(C(F)(F)F)C(F)(F)F.CCCCC(C(F)(F)F)C(F)(F)F.CCCCC(C)C.CCCCCCC(F)(F)F.CCC[C@H](C)CC(F)(F)F.C[C@@H](CCC(F)(F)F)C(F)(F)F. The second-order valence-electron chi connectivity index (χ2n) is 25.7. The molecule has 0 saturated heterocycles. The van der Waals surface area contributed by atoms with E-state index in [0.717, 1.165) is 49.9 Å². The highest BCUT2D eigenvalue weighted by Gasteiger charge is 2.56. The van der Waals surface area contributed by atoms with Gasteiger partial charge in [-0.15, -0.1) is 0 Å². The van der Waals surface area contributed by atoms with Gasteiger partial charge < -0.3 is 0 Å². The monoisotopic (exact) mass is 1350 g/mol. The molecule has 0 aliphatic heterocycles.